The zero-order chi connectivity index (χ0) is 14.2. The molecular weight excluding hydrogens is 247 g/mol. The number of alkyl halides is 3. The van der Waals surface area contributed by atoms with E-state index in [0.29, 0.717) is 0 Å². The number of nitrogens with two attached hydrogens (primary N) is 1. The van der Waals surface area contributed by atoms with Crippen LogP contribution in [-0.4, -0.2) is 29.8 Å². The quantitative estimate of drug-likeness (QED) is 0.208. The number of unbranched alkanes of at least 4 members (excludes halogenated alkanes) is 2. The molecule has 0 aliphatic rings. The Hall–Kier alpha value is -0.980. The Morgan fingerprint density at radius 2 is 2.00 bits per heavy atom. The van der Waals surface area contributed by atoms with Gasteiger partial charge in [0.15, 0.2) is 5.84 Å². The molecule has 0 radical (unpaired) electrons. The van der Waals surface area contributed by atoms with Crippen molar-refractivity contribution in [2.75, 3.05) is 6.54 Å². The molecule has 0 amide bonds. The van der Waals surface area contributed by atoms with Crippen molar-refractivity contribution in [1.29, 1.82) is 0 Å². The number of rotatable bonds is 8. The third-order valence-corrected chi connectivity index (χ3v) is 2.78. The van der Waals surface area contributed by atoms with E-state index in [0.717, 1.165) is 25.7 Å². The molecule has 2 unspecified atom stereocenters. The van der Waals surface area contributed by atoms with Gasteiger partial charge in [-0.05, 0) is 13.3 Å². The van der Waals surface area contributed by atoms with Crippen LogP contribution >= 0.6 is 0 Å². The maximum atomic E-state index is 12.6. The van der Waals surface area contributed by atoms with Crippen molar-refractivity contribution in [3.8, 4) is 0 Å². The normalized spacial score (nSPS) is 16.6. The lowest BCUT2D eigenvalue weighted by Gasteiger charge is -2.22. The maximum absolute atomic E-state index is 12.6. The maximum Gasteiger partial charge on any atom is 0.400 e. The fourth-order valence-electron chi connectivity index (χ4n) is 1.58. The highest BCUT2D eigenvalue weighted by molar-refractivity contribution is 5.83. The van der Waals surface area contributed by atoms with E-state index < -0.39 is 17.9 Å². The van der Waals surface area contributed by atoms with Gasteiger partial charge in [-0.1, -0.05) is 31.3 Å². The van der Waals surface area contributed by atoms with Crippen molar-refractivity contribution < 1.29 is 18.4 Å². The van der Waals surface area contributed by atoms with Gasteiger partial charge in [0, 0.05) is 12.6 Å². The third kappa shape index (κ3) is 6.68. The Morgan fingerprint density at radius 3 is 2.44 bits per heavy atom. The molecule has 0 spiro atoms. The molecule has 0 rings (SSSR count). The van der Waals surface area contributed by atoms with Crippen LogP contribution in [0.4, 0.5) is 13.2 Å². The predicted octanol–water partition coefficient (Wildman–Crippen LogP) is 2.47. The fourth-order valence-corrected chi connectivity index (χ4v) is 1.58. The van der Waals surface area contributed by atoms with Crippen molar-refractivity contribution in [1.82, 2.24) is 5.32 Å². The standard InChI is InChI=1S/C11H22F3N3O/c1-3-4-5-6-8(2)16-7-9(10(15)17-18)11(12,13)14/h8-9,16,18H,3-7H2,1-2H3,(H2,15,17). The average Bonchev–Trinajstić information content (AvgIpc) is 2.27. The third-order valence-electron chi connectivity index (χ3n) is 2.78. The van der Waals surface area contributed by atoms with Gasteiger partial charge in [0.1, 0.15) is 5.92 Å². The van der Waals surface area contributed by atoms with Crippen molar-refractivity contribution in [3.63, 3.8) is 0 Å². The van der Waals surface area contributed by atoms with E-state index in [4.69, 9.17) is 10.9 Å². The molecule has 0 aliphatic carbocycles. The van der Waals surface area contributed by atoms with Crippen LogP contribution in [0.3, 0.4) is 0 Å². The molecule has 7 heteroatoms. The van der Waals surface area contributed by atoms with Crippen LogP contribution in [0, 0.1) is 5.92 Å². The fraction of sp³-hybridized carbons (Fsp3) is 0.909. The van der Waals surface area contributed by atoms with E-state index in [9.17, 15) is 13.2 Å². The van der Waals surface area contributed by atoms with Gasteiger partial charge in [-0.2, -0.15) is 13.2 Å². The van der Waals surface area contributed by atoms with Crippen LogP contribution < -0.4 is 11.1 Å². The smallest absolute Gasteiger partial charge is 0.400 e. The molecular formula is C11H22F3N3O. The van der Waals surface area contributed by atoms with Crippen LogP contribution in [0.1, 0.15) is 39.5 Å². The summed E-state index contributed by atoms with van der Waals surface area (Å²) < 4.78 is 37.8. The van der Waals surface area contributed by atoms with Gasteiger partial charge >= 0.3 is 6.18 Å². The second kappa shape index (κ2) is 8.18. The van der Waals surface area contributed by atoms with Gasteiger partial charge in [-0.25, -0.2) is 0 Å². The zero-order valence-electron chi connectivity index (χ0n) is 10.8. The number of nitrogens with one attached hydrogen (secondary N) is 1. The molecule has 18 heavy (non-hydrogen) atoms. The van der Waals surface area contributed by atoms with E-state index in [1.807, 2.05) is 6.92 Å². The minimum Gasteiger partial charge on any atom is -0.409 e. The molecule has 0 heterocycles. The first-order valence-electron chi connectivity index (χ1n) is 6.10. The number of amidine groups is 1. The largest absolute Gasteiger partial charge is 0.409 e. The molecule has 108 valence electrons. The summed E-state index contributed by atoms with van der Waals surface area (Å²) in [5.41, 5.74) is 5.05. The summed E-state index contributed by atoms with van der Waals surface area (Å²) in [6, 6.07) is -0.0205. The van der Waals surface area contributed by atoms with E-state index in [1.165, 1.54) is 0 Å². The summed E-state index contributed by atoms with van der Waals surface area (Å²) in [6.07, 6.45) is -0.580. The summed E-state index contributed by atoms with van der Waals surface area (Å²) in [5.74, 6) is -2.76. The number of hydrogen-bond acceptors (Lipinski definition) is 3. The SMILES string of the molecule is CCCCCC(C)NCC(C(N)=NO)C(F)(F)F. The van der Waals surface area contributed by atoms with E-state index >= 15 is 0 Å². The molecule has 0 aromatic rings. The minimum absolute atomic E-state index is 0.0205. The van der Waals surface area contributed by atoms with E-state index in [1.54, 1.807) is 0 Å². The molecule has 4 nitrogen and oxygen atoms in total. The monoisotopic (exact) mass is 269 g/mol. The molecule has 0 saturated carbocycles. The lowest BCUT2D eigenvalue weighted by atomic mass is 10.1. The van der Waals surface area contributed by atoms with E-state index in [2.05, 4.69) is 17.4 Å². The average molecular weight is 269 g/mol. The van der Waals surface area contributed by atoms with Gasteiger partial charge in [0.2, 0.25) is 0 Å². The molecule has 0 aliphatic heterocycles. The lowest BCUT2D eigenvalue weighted by Crippen LogP contribution is -2.44. The Balaban J connectivity index is 4.20. The van der Waals surface area contributed by atoms with Gasteiger partial charge in [-0.3, -0.25) is 0 Å². The highest BCUT2D eigenvalue weighted by Gasteiger charge is 2.42. The molecule has 2 atom stereocenters. The van der Waals surface area contributed by atoms with Gasteiger partial charge < -0.3 is 16.3 Å². The minimum atomic E-state index is -4.51. The predicted molar refractivity (Wildman–Crippen MR) is 64.6 cm³/mol. The Labute approximate surface area is 105 Å². The van der Waals surface area contributed by atoms with Gasteiger partial charge in [0.05, 0.1) is 0 Å². The molecule has 0 fully saturated rings. The summed E-state index contributed by atoms with van der Waals surface area (Å²) >= 11 is 0. The summed E-state index contributed by atoms with van der Waals surface area (Å²) in [4.78, 5) is 0. The first-order valence-corrected chi connectivity index (χ1v) is 6.10. The first-order chi connectivity index (χ1) is 8.32. The topological polar surface area (TPSA) is 70.6 Å². The van der Waals surface area contributed by atoms with Crippen molar-refractivity contribution >= 4 is 5.84 Å². The summed E-state index contributed by atoms with van der Waals surface area (Å²) in [5, 5.41) is 13.6. The van der Waals surface area contributed by atoms with Crippen LogP contribution in [0.15, 0.2) is 5.16 Å². The highest BCUT2D eigenvalue weighted by atomic mass is 19.4. The first kappa shape index (κ1) is 17.0. The van der Waals surface area contributed by atoms with Crippen molar-refractivity contribution in [3.05, 3.63) is 0 Å². The van der Waals surface area contributed by atoms with Crippen LogP contribution in [0.2, 0.25) is 0 Å². The molecule has 4 N–H and O–H groups in total. The summed E-state index contributed by atoms with van der Waals surface area (Å²) in [6.45, 7) is 3.53. The van der Waals surface area contributed by atoms with Crippen molar-refractivity contribution in [2.45, 2.75) is 51.7 Å². The number of hydrogen-bond donors (Lipinski definition) is 3. The second-order valence-electron chi connectivity index (χ2n) is 4.42. The summed E-state index contributed by atoms with van der Waals surface area (Å²) in [7, 11) is 0. The zero-order valence-corrected chi connectivity index (χ0v) is 10.8. The molecule has 0 aromatic heterocycles. The molecule has 0 bridgehead atoms. The Morgan fingerprint density at radius 1 is 1.39 bits per heavy atom. The van der Waals surface area contributed by atoms with E-state index in [-0.39, 0.29) is 12.6 Å². The molecule has 0 saturated heterocycles. The van der Waals surface area contributed by atoms with Gasteiger partial charge in [-0.15, -0.1) is 0 Å². The van der Waals surface area contributed by atoms with Crippen molar-refractivity contribution in [2.24, 2.45) is 16.8 Å². The number of nitrogens with zero attached hydrogens (tertiary/aromatic N) is 1. The Bertz CT molecular complexity index is 256. The van der Waals surface area contributed by atoms with Crippen LogP contribution in [-0.2, 0) is 0 Å². The van der Waals surface area contributed by atoms with Crippen LogP contribution in [0.25, 0.3) is 0 Å². The Kier molecular flexibility index (Phi) is 7.73. The molecule has 0 aromatic carbocycles. The highest BCUT2D eigenvalue weighted by Crippen LogP contribution is 2.26. The van der Waals surface area contributed by atoms with Gasteiger partial charge in [0.25, 0.3) is 0 Å². The lowest BCUT2D eigenvalue weighted by molar-refractivity contribution is -0.155. The number of oxime groups is 1. The second-order valence-corrected chi connectivity index (χ2v) is 4.42. The number of halogens is 3. The van der Waals surface area contributed by atoms with Crippen LogP contribution in [0.5, 0.6) is 0 Å².